The van der Waals surface area contributed by atoms with Gasteiger partial charge in [-0.15, -0.1) is 0 Å². The van der Waals surface area contributed by atoms with Crippen molar-refractivity contribution >= 4 is 21.9 Å². The molecule has 5 heteroatoms. The number of halogens is 1. The number of anilines is 1. The van der Waals surface area contributed by atoms with Crippen molar-refractivity contribution in [2.24, 2.45) is 5.92 Å². The van der Waals surface area contributed by atoms with Crippen molar-refractivity contribution in [3.05, 3.63) is 16.9 Å². The molecular formula is C12H20BrN3O. The molecule has 1 aromatic rings. The number of nitrogens with zero attached hydrogens (tertiary/aromatic N) is 2. The number of hydrogen-bond acceptors (Lipinski definition) is 4. The van der Waals surface area contributed by atoms with Crippen molar-refractivity contribution in [1.82, 2.24) is 9.97 Å². The highest BCUT2D eigenvalue weighted by atomic mass is 79.9. The van der Waals surface area contributed by atoms with E-state index in [1.54, 1.807) is 12.4 Å². The first kappa shape index (κ1) is 14.4. The molecule has 0 aliphatic carbocycles. The van der Waals surface area contributed by atoms with Gasteiger partial charge >= 0.3 is 0 Å². The van der Waals surface area contributed by atoms with Crippen molar-refractivity contribution in [2.45, 2.75) is 39.2 Å². The van der Waals surface area contributed by atoms with Crippen molar-refractivity contribution in [2.75, 3.05) is 11.9 Å². The van der Waals surface area contributed by atoms with Gasteiger partial charge in [0.1, 0.15) is 0 Å². The molecule has 1 heterocycles. The van der Waals surface area contributed by atoms with Gasteiger partial charge in [0.15, 0.2) is 0 Å². The number of nitrogens with one attached hydrogen (secondary N) is 1. The minimum Gasteiger partial charge on any atom is -0.388 e. The Kier molecular flexibility index (Phi) is 5.33. The van der Waals surface area contributed by atoms with E-state index in [1.165, 1.54) is 0 Å². The number of aromatic nitrogens is 2. The van der Waals surface area contributed by atoms with Crippen molar-refractivity contribution in [3.63, 3.8) is 0 Å². The highest BCUT2D eigenvalue weighted by Crippen LogP contribution is 2.17. The predicted octanol–water partition coefficient (Wildman–Crippen LogP) is 2.84. The van der Waals surface area contributed by atoms with Crippen LogP contribution in [0.15, 0.2) is 16.9 Å². The molecule has 4 nitrogen and oxygen atoms in total. The van der Waals surface area contributed by atoms with Gasteiger partial charge in [-0.3, -0.25) is 0 Å². The SMILES string of the molecule is CC(C)CCC(C)(O)CNc1ncc(Br)cn1. The summed E-state index contributed by atoms with van der Waals surface area (Å²) in [6, 6.07) is 0. The van der Waals surface area contributed by atoms with Gasteiger partial charge in [-0.05, 0) is 41.6 Å². The molecule has 2 N–H and O–H groups in total. The van der Waals surface area contributed by atoms with Gasteiger partial charge in [0.05, 0.1) is 10.1 Å². The van der Waals surface area contributed by atoms with E-state index in [4.69, 9.17) is 0 Å². The standard InChI is InChI=1S/C12H20BrN3O/c1-9(2)4-5-12(3,17)8-16-11-14-6-10(13)7-15-11/h6-7,9,17H,4-5,8H2,1-3H3,(H,14,15,16). The Labute approximate surface area is 111 Å². The number of aliphatic hydroxyl groups is 1. The van der Waals surface area contributed by atoms with E-state index in [9.17, 15) is 5.11 Å². The second-order valence-electron chi connectivity index (χ2n) is 5.01. The third kappa shape index (κ3) is 5.98. The molecule has 17 heavy (non-hydrogen) atoms. The molecule has 96 valence electrons. The van der Waals surface area contributed by atoms with E-state index in [0.29, 0.717) is 18.4 Å². The molecule has 0 amide bonds. The van der Waals surface area contributed by atoms with Crippen LogP contribution in [0.5, 0.6) is 0 Å². The lowest BCUT2D eigenvalue weighted by Crippen LogP contribution is -2.34. The van der Waals surface area contributed by atoms with Gasteiger partial charge < -0.3 is 10.4 Å². The summed E-state index contributed by atoms with van der Waals surface area (Å²) in [6.45, 7) is 6.60. The maximum atomic E-state index is 10.2. The van der Waals surface area contributed by atoms with Crippen LogP contribution < -0.4 is 5.32 Å². The molecule has 1 atom stereocenters. The smallest absolute Gasteiger partial charge is 0.222 e. The van der Waals surface area contributed by atoms with Crippen LogP contribution in [0.25, 0.3) is 0 Å². The van der Waals surface area contributed by atoms with Gasteiger partial charge in [-0.2, -0.15) is 0 Å². The second-order valence-corrected chi connectivity index (χ2v) is 5.92. The molecule has 0 spiro atoms. The third-order valence-electron chi connectivity index (χ3n) is 2.51. The summed E-state index contributed by atoms with van der Waals surface area (Å²) in [5, 5.41) is 13.2. The van der Waals surface area contributed by atoms with E-state index in [0.717, 1.165) is 17.3 Å². The fourth-order valence-corrected chi connectivity index (χ4v) is 1.57. The zero-order valence-electron chi connectivity index (χ0n) is 10.6. The summed E-state index contributed by atoms with van der Waals surface area (Å²) >= 11 is 3.27. The van der Waals surface area contributed by atoms with Gasteiger partial charge in [0.2, 0.25) is 5.95 Å². The molecule has 1 unspecified atom stereocenters. The molecule has 0 aliphatic heterocycles. The van der Waals surface area contributed by atoms with Gasteiger partial charge in [-0.25, -0.2) is 9.97 Å². The van der Waals surface area contributed by atoms with Crippen LogP contribution >= 0.6 is 15.9 Å². The topological polar surface area (TPSA) is 58.0 Å². The number of hydrogen-bond donors (Lipinski definition) is 2. The van der Waals surface area contributed by atoms with Crippen LogP contribution in [0.3, 0.4) is 0 Å². The maximum Gasteiger partial charge on any atom is 0.222 e. The Morgan fingerprint density at radius 1 is 1.41 bits per heavy atom. The fraction of sp³-hybridized carbons (Fsp3) is 0.667. The molecule has 0 bridgehead atoms. The lowest BCUT2D eigenvalue weighted by Gasteiger charge is -2.24. The van der Waals surface area contributed by atoms with Crippen LogP contribution in [0, 0.1) is 5.92 Å². The molecule has 0 saturated heterocycles. The highest BCUT2D eigenvalue weighted by molar-refractivity contribution is 9.10. The van der Waals surface area contributed by atoms with Crippen LogP contribution in [0.1, 0.15) is 33.6 Å². The zero-order chi connectivity index (χ0) is 12.9. The quantitative estimate of drug-likeness (QED) is 0.848. The highest BCUT2D eigenvalue weighted by Gasteiger charge is 2.20. The minimum absolute atomic E-state index is 0.460. The summed E-state index contributed by atoms with van der Waals surface area (Å²) in [5.41, 5.74) is -0.722. The van der Waals surface area contributed by atoms with Crippen LogP contribution in [0.4, 0.5) is 5.95 Å². The monoisotopic (exact) mass is 301 g/mol. The molecule has 0 aromatic carbocycles. The summed E-state index contributed by atoms with van der Waals surface area (Å²) < 4.78 is 0.842. The zero-order valence-corrected chi connectivity index (χ0v) is 12.2. The fourth-order valence-electron chi connectivity index (χ4n) is 1.36. The predicted molar refractivity (Wildman–Crippen MR) is 72.9 cm³/mol. The summed E-state index contributed by atoms with van der Waals surface area (Å²) in [6.07, 6.45) is 5.14. The van der Waals surface area contributed by atoms with E-state index in [1.807, 2.05) is 6.92 Å². The molecule has 0 aliphatic rings. The van der Waals surface area contributed by atoms with E-state index in [2.05, 4.69) is 45.1 Å². The lowest BCUT2D eigenvalue weighted by atomic mass is 9.95. The molecule has 0 radical (unpaired) electrons. The van der Waals surface area contributed by atoms with Gasteiger partial charge in [-0.1, -0.05) is 13.8 Å². The van der Waals surface area contributed by atoms with Gasteiger partial charge in [0.25, 0.3) is 0 Å². The van der Waals surface area contributed by atoms with Crippen LogP contribution in [-0.2, 0) is 0 Å². The van der Waals surface area contributed by atoms with E-state index < -0.39 is 5.60 Å². The van der Waals surface area contributed by atoms with Crippen LogP contribution in [-0.4, -0.2) is 27.2 Å². The Balaban J connectivity index is 2.40. The average molecular weight is 302 g/mol. The first-order chi connectivity index (χ1) is 7.89. The summed E-state index contributed by atoms with van der Waals surface area (Å²) in [4.78, 5) is 8.19. The van der Waals surface area contributed by atoms with E-state index >= 15 is 0 Å². The Morgan fingerprint density at radius 2 is 2.00 bits per heavy atom. The minimum atomic E-state index is -0.722. The Hall–Kier alpha value is -0.680. The first-order valence-electron chi connectivity index (χ1n) is 5.83. The molecule has 0 fully saturated rings. The van der Waals surface area contributed by atoms with Gasteiger partial charge in [0, 0.05) is 18.9 Å². The van der Waals surface area contributed by atoms with Crippen molar-refractivity contribution in [1.29, 1.82) is 0 Å². The Bertz CT molecular complexity index is 338. The molecular weight excluding hydrogens is 282 g/mol. The molecule has 1 aromatic heterocycles. The average Bonchev–Trinajstić information content (AvgIpc) is 2.26. The van der Waals surface area contributed by atoms with Crippen molar-refractivity contribution in [3.8, 4) is 0 Å². The largest absolute Gasteiger partial charge is 0.388 e. The number of rotatable bonds is 6. The summed E-state index contributed by atoms with van der Waals surface area (Å²) in [5.74, 6) is 1.14. The van der Waals surface area contributed by atoms with E-state index in [-0.39, 0.29) is 0 Å². The Morgan fingerprint density at radius 3 is 2.53 bits per heavy atom. The second kappa shape index (κ2) is 6.31. The third-order valence-corrected chi connectivity index (χ3v) is 2.92. The van der Waals surface area contributed by atoms with Crippen LogP contribution in [0.2, 0.25) is 0 Å². The molecule has 0 saturated carbocycles. The lowest BCUT2D eigenvalue weighted by molar-refractivity contribution is 0.0584. The summed E-state index contributed by atoms with van der Waals surface area (Å²) in [7, 11) is 0. The first-order valence-corrected chi connectivity index (χ1v) is 6.62. The normalized spacial score (nSPS) is 14.7. The van der Waals surface area contributed by atoms with Crippen molar-refractivity contribution < 1.29 is 5.11 Å². The maximum absolute atomic E-state index is 10.2. The molecule has 1 rings (SSSR count).